The molecule has 0 aliphatic rings. The summed E-state index contributed by atoms with van der Waals surface area (Å²) in [7, 11) is -1.59. The summed E-state index contributed by atoms with van der Waals surface area (Å²) in [5, 5.41) is 11.6. The van der Waals surface area contributed by atoms with Gasteiger partial charge in [-0.3, -0.25) is 0 Å². The molecule has 0 saturated carbocycles. The molecule has 0 unspecified atom stereocenters. The summed E-state index contributed by atoms with van der Waals surface area (Å²) >= 11 is 0. The first-order chi connectivity index (χ1) is 6.31. The summed E-state index contributed by atoms with van der Waals surface area (Å²) in [6, 6.07) is 2.04. The molecular formula is C10H22N2OSi. The largest absolute Gasteiger partial charge is 0.416 e. The number of hydrogen-bond donors (Lipinski definition) is 1. The van der Waals surface area contributed by atoms with Gasteiger partial charge in [-0.1, -0.05) is 20.8 Å². The van der Waals surface area contributed by atoms with Gasteiger partial charge < -0.3 is 9.74 Å². The van der Waals surface area contributed by atoms with E-state index in [0.717, 1.165) is 6.54 Å². The van der Waals surface area contributed by atoms with E-state index >= 15 is 0 Å². The molecule has 0 aromatic heterocycles. The second-order valence-corrected chi connectivity index (χ2v) is 9.75. The highest BCUT2D eigenvalue weighted by molar-refractivity contribution is 6.74. The maximum absolute atomic E-state index is 8.31. The molecule has 0 aliphatic carbocycles. The third kappa shape index (κ3) is 4.75. The third-order valence-electron chi connectivity index (χ3n) is 2.75. The minimum absolute atomic E-state index is 0.266. The van der Waals surface area contributed by atoms with Crippen LogP contribution in [0, 0.1) is 11.3 Å². The van der Waals surface area contributed by atoms with Crippen molar-refractivity contribution in [3.05, 3.63) is 0 Å². The molecule has 0 rings (SSSR count). The molecular weight excluding hydrogens is 192 g/mol. The van der Waals surface area contributed by atoms with Crippen LogP contribution in [0.2, 0.25) is 18.1 Å². The monoisotopic (exact) mass is 214 g/mol. The van der Waals surface area contributed by atoms with Crippen LogP contribution in [-0.4, -0.2) is 28.0 Å². The van der Waals surface area contributed by atoms with E-state index in [9.17, 15) is 0 Å². The van der Waals surface area contributed by atoms with Crippen molar-refractivity contribution in [2.75, 3.05) is 19.7 Å². The zero-order valence-electron chi connectivity index (χ0n) is 9.98. The van der Waals surface area contributed by atoms with Crippen LogP contribution in [0.25, 0.3) is 0 Å². The van der Waals surface area contributed by atoms with Gasteiger partial charge in [0.1, 0.15) is 0 Å². The molecule has 0 aromatic carbocycles. The summed E-state index contributed by atoms with van der Waals surface area (Å²) in [5.74, 6) is 0. The molecule has 0 fully saturated rings. The van der Waals surface area contributed by atoms with Gasteiger partial charge in [0.15, 0.2) is 8.32 Å². The number of nitrogens with zero attached hydrogens (tertiary/aromatic N) is 1. The molecule has 0 bridgehead atoms. The highest BCUT2D eigenvalue weighted by Crippen LogP contribution is 2.36. The van der Waals surface area contributed by atoms with Crippen molar-refractivity contribution in [3.8, 4) is 6.07 Å². The molecule has 0 aliphatic heterocycles. The van der Waals surface area contributed by atoms with Crippen molar-refractivity contribution in [1.29, 1.82) is 5.26 Å². The third-order valence-corrected chi connectivity index (χ3v) is 7.29. The quantitative estimate of drug-likeness (QED) is 0.433. The van der Waals surface area contributed by atoms with Gasteiger partial charge in [-0.2, -0.15) is 5.26 Å². The van der Waals surface area contributed by atoms with Crippen molar-refractivity contribution in [3.63, 3.8) is 0 Å². The van der Waals surface area contributed by atoms with E-state index in [1.165, 1.54) is 0 Å². The highest BCUT2D eigenvalue weighted by Gasteiger charge is 2.36. The maximum atomic E-state index is 8.31. The summed E-state index contributed by atoms with van der Waals surface area (Å²) in [6.07, 6.45) is 0. The zero-order chi connectivity index (χ0) is 11.2. The lowest BCUT2D eigenvalue weighted by atomic mass is 10.2. The fourth-order valence-corrected chi connectivity index (χ4v) is 1.78. The Labute approximate surface area is 88.6 Å². The van der Waals surface area contributed by atoms with Gasteiger partial charge in [0, 0.05) is 13.2 Å². The van der Waals surface area contributed by atoms with Crippen molar-refractivity contribution in [2.45, 2.75) is 38.9 Å². The van der Waals surface area contributed by atoms with E-state index in [0.29, 0.717) is 13.2 Å². The molecule has 82 valence electrons. The van der Waals surface area contributed by atoms with Gasteiger partial charge in [0.05, 0.1) is 12.6 Å². The second kappa shape index (κ2) is 5.49. The molecule has 0 atom stereocenters. The van der Waals surface area contributed by atoms with Crippen molar-refractivity contribution in [1.82, 2.24) is 5.32 Å². The standard InChI is InChI=1S/C10H22N2OSi/c1-10(2,3)14(4,5)13-9-8-12-7-6-11/h12H,7-9H2,1-5H3. The van der Waals surface area contributed by atoms with Crippen LogP contribution in [0.15, 0.2) is 0 Å². The molecule has 0 spiro atoms. The second-order valence-electron chi connectivity index (χ2n) is 4.94. The Bertz CT molecular complexity index is 203. The van der Waals surface area contributed by atoms with E-state index in [1.807, 2.05) is 6.07 Å². The average Bonchev–Trinajstić information content (AvgIpc) is 2.02. The van der Waals surface area contributed by atoms with Crippen LogP contribution in [-0.2, 0) is 4.43 Å². The minimum Gasteiger partial charge on any atom is -0.416 e. The average molecular weight is 214 g/mol. The predicted octanol–water partition coefficient (Wildman–Crippen LogP) is 2.12. The number of nitrogens with one attached hydrogen (secondary N) is 1. The maximum Gasteiger partial charge on any atom is 0.192 e. The molecule has 0 amide bonds. The molecule has 0 heterocycles. The Hall–Kier alpha value is -0.373. The van der Waals surface area contributed by atoms with Gasteiger partial charge in [0.2, 0.25) is 0 Å². The van der Waals surface area contributed by atoms with E-state index in [-0.39, 0.29) is 5.04 Å². The van der Waals surface area contributed by atoms with Crippen LogP contribution in [0.3, 0.4) is 0 Å². The van der Waals surface area contributed by atoms with Gasteiger partial charge >= 0.3 is 0 Å². The Morgan fingerprint density at radius 3 is 2.36 bits per heavy atom. The Balaban J connectivity index is 3.73. The lowest BCUT2D eigenvalue weighted by molar-refractivity contribution is 0.288. The van der Waals surface area contributed by atoms with Crippen LogP contribution in [0.5, 0.6) is 0 Å². The van der Waals surface area contributed by atoms with E-state index in [1.54, 1.807) is 0 Å². The van der Waals surface area contributed by atoms with E-state index < -0.39 is 8.32 Å². The molecule has 1 N–H and O–H groups in total. The molecule has 3 nitrogen and oxygen atoms in total. The van der Waals surface area contributed by atoms with Crippen molar-refractivity contribution in [2.24, 2.45) is 0 Å². The Kier molecular flexibility index (Phi) is 5.35. The van der Waals surface area contributed by atoms with Crippen LogP contribution < -0.4 is 5.32 Å². The highest BCUT2D eigenvalue weighted by atomic mass is 28.4. The predicted molar refractivity (Wildman–Crippen MR) is 61.6 cm³/mol. The normalized spacial score (nSPS) is 12.6. The minimum atomic E-state index is -1.59. The van der Waals surface area contributed by atoms with Crippen LogP contribution in [0.1, 0.15) is 20.8 Å². The van der Waals surface area contributed by atoms with Gasteiger partial charge in [-0.05, 0) is 18.1 Å². The summed E-state index contributed by atoms with van der Waals surface area (Å²) in [4.78, 5) is 0. The van der Waals surface area contributed by atoms with Gasteiger partial charge in [0.25, 0.3) is 0 Å². The van der Waals surface area contributed by atoms with Crippen LogP contribution in [0.4, 0.5) is 0 Å². The van der Waals surface area contributed by atoms with E-state index in [2.05, 4.69) is 39.2 Å². The van der Waals surface area contributed by atoms with E-state index in [4.69, 9.17) is 9.69 Å². The Morgan fingerprint density at radius 2 is 1.93 bits per heavy atom. The van der Waals surface area contributed by atoms with Gasteiger partial charge in [-0.15, -0.1) is 0 Å². The zero-order valence-corrected chi connectivity index (χ0v) is 11.0. The SMILES string of the molecule is CC(C)(C)[Si](C)(C)OCCNCC#N. The lowest BCUT2D eigenvalue weighted by Gasteiger charge is -2.36. The number of rotatable bonds is 5. The summed E-state index contributed by atoms with van der Waals surface area (Å²) < 4.78 is 5.91. The summed E-state index contributed by atoms with van der Waals surface area (Å²) in [5.41, 5.74) is 0. The fraction of sp³-hybridized carbons (Fsp3) is 0.900. The van der Waals surface area contributed by atoms with Crippen molar-refractivity contribution < 1.29 is 4.43 Å². The molecule has 14 heavy (non-hydrogen) atoms. The summed E-state index contributed by atoms with van der Waals surface area (Å²) in [6.45, 7) is 13.0. The number of hydrogen-bond acceptors (Lipinski definition) is 3. The fourth-order valence-electron chi connectivity index (χ4n) is 0.739. The Morgan fingerprint density at radius 1 is 1.36 bits per heavy atom. The smallest absolute Gasteiger partial charge is 0.192 e. The van der Waals surface area contributed by atoms with Crippen LogP contribution >= 0.6 is 0 Å². The lowest BCUT2D eigenvalue weighted by Crippen LogP contribution is -2.42. The van der Waals surface area contributed by atoms with Crippen molar-refractivity contribution >= 4 is 8.32 Å². The first kappa shape index (κ1) is 13.6. The molecule has 0 radical (unpaired) electrons. The number of nitriles is 1. The first-order valence-corrected chi connectivity index (χ1v) is 7.94. The molecule has 4 heteroatoms. The molecule has 0 saturated heterocycles. The molecule has 0 aromatic rings. The topological polar surface area (TPSA) is 45.0 Å². The van der Waals surface area contributed by atoms with Gasteiger partial charge in [-0.25, -0.2) is 0 Å². The first-order valence-electron chi connectivity index (χ1n) is 5.03.